The average Bonchev–Trinajstić information content (AvgIpc) is 2.39. The topological polar surface area (TPSA) is 55.8 Å². The summed E-state index contributed by atoms with van der Waals surface area (Å²) in [6.07, 6.45) is -0.252. The SMILES string of the molecule is CCOC(=O)CC(=O)N(C)c1ccc(OCC)cc1. The predicted molar refractivity (Wildman–Crippen MR) is 72.3 cm³/mol. The van der Waals surface area contributed by atoms with E-state index in [9.17, 15) is 9.59 Å². The molecule has 0 aliphatic carbocycles. The fraction of sp³-hybridized carbons (Fsp3) is 0.429. The van der Waals surface area contributed by atoms with Crippen LogP contribution in [0.1, 0.15) is 20.3 Å². The average molecular weight is 265 g/mol. The number of carbonyl (C=O) groups is 2. The quantitative estimate of drug-likeness (QED) is 0.583. The molecule has 5 heteroatoms. The molecule has 0 aliphatic rings. The maximum absolute atomic E-state index is 11.8. The maximum atomic E-state index is 11.8. The fourth-order valence-electron chi connectivity index (χ4n) is 1.53. The van der Waals surface area contributed by atoms with Crippen LogP contribution >= 0.6 is 0 Å². The molecule has 0 saturated carbocycles. The van der Waals surface area contributed by atoms with Gasteiger partial charge in [0.25, 0.3) is 0 Å². The zero-order valence-corrected chi connectivity index (χ0v) is 11.5. The minimum Gasteiger partial charge on any atom is -0.494 e. The molecule has 0 saturated heterocycles. The number of benzene rings is 1. The molecule has 0 heterocycles. The summed E-state index contributed by atoms with van der Waals surface area (Å²) in [5, 5.41) is 0. The van der Waals surface area contributed by atoms with Gasteiger partial charge in [-0.3, -0.25) is 9.59 Å². The molecule has 0 atom stereocenters. The van der Waals surface area contributed by atoms with Crippen LogP contribution in [0.15, 0.2) is 24.3 Å². The second-order valence-electron chi connectivity index (χ2n) is 3.86. The monoisotopic (exact) mass is 265 g/mol. The van der Waals surface area contributed by atoms with Crippen molar-refractivity contribution in [3.63, 3.8) is 0 Å². The molecule has 0 N–H and O–H groups in total. The number of hydrogen-bond acceptors (Lipinski definition) is 4. The van der Waals surface area contributed by atoms with Gasteiger partial charge in [0.1, 0.15) is 12.2 Å². The number of nitrogens with zero attached hydrogens (tertiary/aromatic N) is 1. The summed E-state index contributed by atoms with van der Waals surface area (Å²) in [7, 11) is 1.62. The van der Waals surface area contributed by atoms with Crippen LogP contribution in [0.4, 0.5) is 5.69 Å². The molecule has 1 rings (SSSR count). The minimum atomic E-state index is -0.509. The number of carbonyl (C=O) groups excluding carboxylic acids is 2. The number of anilines is 1. The molecule has 0 aliphatic heterocycles. The van der Waals surface area contributed by atoms with Gasteiger partial charge >= 0.3 is 5.97 Å². The standard InChI is InChI=1S/C14H19NO4/c1-4-18-12-8-6-11(7-9-12)15(3)13(16)10-14(17)19-5-2/h6-9H,4-5,10H2,1-3H3. The molecule has 0 unspecified atom stereocenters. The van der Waals surface area contributed by atoms with Crippen molar-refractivity contribution in [2.24, 2.45) is 0 Å². The van der Waals surface area contributed by atoms with Crippen LogP contribution in [0, 0.1) is 0 Å². The molecule has 1 aromatic carbocycles. The van der Waals surface area contributed by atoms with E-state index in [4.69, 9.17) is 9.47 Å². The van der Waals surface area contributed by atoms with Crippen molar-refractivity contribution in [1.29, 1.82) is 0 Å². The summed E-state index contributed by atoms with van der Waals surface area (Å²) >= 11 is 0. The van der Waals surface area contributed by atoms with Crippen LogP contribution in [-0.4, -0.2) is 32.1 Å². The van der Waals surface area contributed by atoms with Crippen molar-refractivity contribution in [2.75, 3.05) is 25.2 Å². The first-order chi connectivity index (χ1) is 9.08. The van der Waals surface area contributed by atoms with Crippen molar-refractivity contribution in [2.45, 2.75) is 20.3 Å². The van der Waals surface area contributed by atoms with E-state index in [2.05, 4.69) is 0 Å². The maximum Gasteiger partial charge on any atom is 0.315 e. The lowest BCUT2D eigenvalue weighted by molar-refractivity contribution is -0.145. The second-order valence-corrected chi connectivity index (χ2v) is 3.86. The van der Waals surface area contributed by atoms with Crippen LogP contribution in [0.25, 0.3) is 0 Å². The molecule has 1 aromatic rings. The smallest absolute Gasteiger partial charge is 0.315 e. The first kappa shape index (κ1) is 15.0. The summed E-state index contributed by atoms with van der Waals surface area (Å²) in [4.78, 5) is 24.5. The molecule has 0 spiro atoms. The molecule has 0 radical (unpaired) electrons. The van der Waals surface area contributed by atoms with Gasteiger partial charge in [0.05, 0.1) is 13.2 Å². The summed E-state index contributed by atoms with van der Waals surface area (Å²) in [6, 6.07) is 7.11. The van der Waals surface area contributed by atoms with E-state index in [1.54, 1.807) is 38.2 Å². The van der Waals surface area contributed by atoms with E-state index in [0.29, 0.717) is 12.3 Å². The molecule has 0 aromatic heterocycles. The second kappa shape index (κ2) is 7.41. The highest BCUT2D eigenvalue weighted by molar-refractivity contribution is 6.03. The van der Waals surface area contributed by atoms with Crippen molar-refractivity contribution < 1.29 is 19.1 Å². The zero-order chi connectivity index (χ0) is 14.3. The lowest BCUT2D eigenvalue weighted by atomic mass is 10.2. The van der Waals surface area contributed by atoms with Gasteiger partial charge in [-0.2, -0.15) is 0 Å². The summed E-state index contributed by atoms with van der Waals surface area (Å²) in [5.41, 5.74) is 0.706. The Morgan fingerprint density at radius 3 is 2.26 bits per heavy atom. The first-order valence-corrected chi connectivity index (χ1v) is 6.23. The van der Waals surface area contributed by atoms with Gasteiger partial charge in [-0.05, 0) is 38.1 Å². The summed E-state index contributed by atoms with van der Waals surface area (Å²) in [5.74, 6) is -0.0645. The first-order valence-electron chi connectivity index (χ1n) is 6.23. The highest BCUT2D eigenvalue weighted by Crippen LogP contribution is 2.19. The predicted octanol–water partition coefficient (Wildman–Crippen LogP) is 2.00. The Balaban J connectivity index is 2.63. The minimum absolute atomic E-state index is 0.252. The van der Waals surface area contributed by atoms with Gasteiger partial charge in [0.15, 0.2) is 0 Å². The van der Waals surface area contributed by atoms with Crippen molar-refractivity contribution in [1.82, 2.24) is 0 Å². The molecule has 104 valence electrons. The molecular weight excluding hydrogens is 246 g/mol. The Morgan fingerprint density at radius 2 is 1.74 bits per heavy atom. The Labute approximate surface area is 113 Å². The van der Waals surface area contributed by atoms with E-state index in [1.165, 1.54) is 4.90 Å². The number of ether oxygens (including phenoxy) is 2. The van der Waals surface area contributed by atoms with E-state index in [1.807, 2.05) is 6.92 Å². The fourth-order valence-corrected chi connectivity index (χ4v) is 1.53. The molecule has 1 amide bonds. The van der Waals surface area contributed by atoms with Gasteiger partial charge in [0.2, 0.25) is 5.91 Å². The lowest BCUT2D eigenvalue weighted by Gasteiger charge is -2.17. The number of amides is 1. The Morgan fingerprint density at radius 1 is 1.11 bits per heavy atom. The van der Waals surface area contributed by atoms with Crippen molar-refractivity contribution >= 4 is 17.6 Å². The summed E-state index contributed by atoms with van der Waals surface area (Å²) < 4.78 is 10.1. The molecule has 19 heavy (non-hydrogen) atoms. The van der Waals surface area contributed by atoms with Crippen LogP contribution in [0.2, 0.25) is 0 Å². The Hall–Kier alpha value is -2.04. The number of hydrogen-bond donors (Lipinski definition) is 0. The molecular formula is C14H19NO4. The van der Waals surface area contributed by atoms with Gasteiger partial charge in [-0.1, -0.05) is 0 Å². The van der Waals surface area contributed by atoms with E-state index >= 15 is 0 Å². The normalized spacial score (nSPS) is 9.84. The number of rotatable bonds is 6. The van der Waals surface area contributed by atoms with E-state index < -0.39 is 5.97 Å². The molecule has 0 bridgehead atoms. The van der Waals surface area contributed by atoms with Gasteiger partial charge in [-0.15, -0.1) is 0 Å². The van der Waals surface area contributed by atoms with Gasteiger partial charge < -0.3 is 14.4 Å². The third-order valence-electron chi connectivity index (χ3n) is 2.51. The summed E-state index contributed by atoms with van der Waals surface area (Å²) in [6.45, 7) is 4.48. The van der Waals surface area contributed by atoms with Gasteiger partial charge in [-0.25, -0.2) is 0 Å². The van der Waals surface area contributed by atoms with Crippen LogP contribution in [-0.2, 0) is 14.3 Å². The van der Waals surface area contributed by atoms with Crippen molar-refractivity contribution in [3.05, 3.63) is 24.3 Å². The molecule has 5 nitrogen and oxygen atoms in total. The third-order valence-corrected chi connectivity index (χ3v) is 2.51. The van der Waals surface area contributed by atoms with Crippen molar-refractivity contribution in [3.8, 4) is 5.75 Å². The third kappa shape index (κ3) is 4.62. The largest absolute Gasteiger partial charge is 0.494 e. The highest BCUT2D eigenvalue weighted by Gasteiger charge is 2.16. The van der Waals surface area contributed by atoms with Crippen LogP contribution < -0.4 is 9.64 Å². The Kier molecular flexibility index (Phi) is 5.85. The van der Waals surface area contributed by atoms with E-state index in [0.717, 1.165) is 5.75 Å². The zero-order valence-electron chi connectivity index (χ0n) is 11.5. The van der Waals surface area contributed by atoms with Gasteiger partial charge in [0, 0.05) is 12.7 Å². The number of esters is 1. The van der Waals surface area contributed by atoms with Crippen LogP contribution in [0.3, 0.4) is 0 Å². The lowest BCUT2D eigenvalue weighted by Crippen LogP contribution is -2.28. The van der Waals surface area contributed by atoms with Crippen LogP contribution in [0.5, 0.6) is 5.75 Å². The molecule has 0 fully saturated rings. The Bertz CT molecular complexity index is 428. The highest BCUT2D eigenvalue weighted by atomic mass is 16.5. The van der Waals surface area contributed by atoms with E-state index in [-0.39, 0.29) is 18.9 Å².